The summed E-state index contributed by atoms with van der Waals surface area (Å²) >= 11 is 0. The van der Waals surface area contributed by atoms with Crippen LogP contribution < -0.4 is 0 Å². The predicted octanol–water partition coefficient (Wildman–Crippen LogP) is -0.471. The molecule has 1 amide bonds. The first kappa shape index (κ1) is 14.4. The number of likely N-dealkylation sites (N-methyl/N-ethyl adjacent to an activating group) is 1. The van der Waals surface area contributed by atoms with E-state index in [9.17, 15) is 9.59 Å². The Morgan fingerprint density at radius 1 is 1.50 bits per heavy atom. The van der Waals surface area contributed by atoms with Crippen LogP contribution in [0.25, 0.3) is 0 Å². The number of nitrogens with zero attached hydrogens (tertiary/aromatic N) is 5. The Labute approximate surface area is 117 Å². The van der Waals surface area contributed by atoms with Crippen LogP contribution in [0.3, 0.4) is 0 Å². The fourth-order valence-electron chi connectivity index (χ4n) is 2.47. The quantitative estimate of drug-likeness (QED) is 0.784. The van der Waals surface area contributed by atoms with Gasteiger partial charge < -0.3 is 14.9 Å². The molecule has 0 bridgehead atoms. The van der Waals surface area contributed by atoms with Crippen molar-refractivity contribution in [3.63, 3.8) is 0 Å². The Bertz CT molecular complexity index is 499. The molecule has 8 nitrogen and oxygen atoms in total. The molecule has 1 unspecified atom stereocenters. The van der Waals surface area contributed by atoms with Crippen LogP contribution in [0.5, 0.6) is 0 Å². The van der Waals surface area contributed by atoms with Crippen LogP contribution in [0.2, 0.25) is 0 Å². The van der Waals surface area contributed by atoms with Crippen LogP contribution in [-0.4, -0.2) is 75.0 Å². The zero-order chi connectivity index (χ0) is 14.7. The van der Waals surface area contributed by atoms with Gasteiger partial charge in [0, 0.05) is 19.1 Å². The van der Waals surface area contributed by atoms with Crippen molar-refractivity contribution in [3.8, 4) is 0 Å². The van der Waals surface area contributed by atoms with Gasteiger partial charge in [-0.15, -0.1) is 5.10 Å². The SMILES string of the molecule is CN(C)CC1CCCN1C(=O)c1cn(CC(=O)O)nn1. The summed E-state index contributed by atoms with van der Waals surface area (Å²) in [5.41, 5.74) is 0.205. The van der Waals surface area contributed by atoms with Crippen molar-refractivity contribution in [2.75, 3.05) is 27.2 Å². The highest BCUT2D eigenvalue weighted by Crippen LogP contribution is 2.19. The molecule has 1 aromatic heterocycles. The molecule has 110 valence electrons. The highest BCUT2D eigenvalue weighted by atomic mass is 16.4. The summed E-state index contributed by atoms with van der Waals surface area (Å²) in [5, 5.41) is 16.1. The largest absolute Gasteiger partial charge is 0.480 e. The summed E-state index contributed by atoms with van der Waals surface area (Å²) in [6.07, 6.45) is 3.35. The van der Waals surface area contributed by atoms with Crippen molar-refractivity contribution in [2.24, 2.45) is 0 Å². The van der Waals surface area contributed by atoms with Crippen molar-refractivity contribution in [1.82, 2.24) is 24.8 Å². The Morgan fingerprint density at radius 3 is 2.90 bits per heavy atom. The molecule has 1 N–H and O–H groups in total. The minimum atomic E-state index is -1.01. The number of hydrogen-bond acceptors (Lipinski definition) is 5. The Morgan fingerprint density at radius 2 is 2.25 bits per heavy atom. The highest BCUT2D eigenvalue weighted by molar-refractivity contribution is 5.92. The van der Waals surface area contributed by atoms with E-state index in [0.29, 0.717) is 6.54 Å². The van der Waals surface area contributed by atoms with E-state index < -0.39 is 5.97 Å². The Balaban J connectivity index is 2.06. The van der Waals surface area contributed by atoms with Gasteiger partial charge in [0.2, 0.25) is 0 Å². The van der Waals surface area contributed by atoms with E-state index in [2.05, 4.69) is 15.2 Å². The van der Waals surface area contributed by atoms with Gasteiger partial charge in [-0.25, -0.2) is 4.68 Å². The molecule has 20 heavy (non-hydrogen) atoms. The van der Waals surface area contributed by atoms with Gasteiger partial charge in [0.1, 0.15) is 6.54 Å². The van der Waals surface area contributed by atoms with Crippen molar-refractivity contribution in [2.45, 2.75) is 25.4 Å². The highest BCUT2D eigenvalue weighted by Gasteiger charge is 2.31. The molecule has 0 aliphatic carbocycles. The lowest BCUT2D eigenvalue weighted by Gasteiger charge is -2.26. The second-order valence-corrected chi connectivity index (χ2v) is 5.25. The molecular weight excluding hydrogens is 262 g/mol. The summed E-state index contributed by atoms with van der Waals surface area (Å²) in [7, 11) is 3.95. The second kappa shape index (κ2) is 6.00. The topological polar surface area (TPSA) is 91.6 Å². The Hall–Kier alpha value is -1.96. The summed E-state index contributed by atoms with van der Waals surface area (Å²) in [6, 6.07) is 0.183. The number of aliphatic carboxylic acids is 1. The third-order valence-electron chi connectivity index (χ3n) is 3.27. The minimum absolute atomic E-state index is 0.175. The van der Waals surface area contributed by atoms with E-state index >= 15 is 0 Å². The molecule has 0 spiro atoms. The maximum Gasteiger partial charge on any atom is 0.325 e. The molecule has 0 saturated carbocycles. The van der Waals surface area contributed by atoms with Crippen LogP contribution in [0.4, 0.5) is 0 Å². The molecule has 0 radical (unpaired) electrons. The summed E-state index contributed by atoms with van der Waals surface area (Å²) in [4.78, 5) is 26.8. The number of carbonyl (C=O) groups is 2. The molecule has 1 fully saturated rings. The van der Waals surface area contributed by atoms with Crippen LogP contribution in [-0.2, 0) is 11.3 Å². The number of carboxylic acid groups (broad SMARTS) is 1. The van der Waals surface area contributed by atoms with Gasteiger partial charge in [-0.1, -0.05) is 5.21 Å². The predicted molar refractivity (Wildman–Crippen MR) is 70.3 cm³/mol. The molecule has 1 saturated heterocycles. The first-order valence-electron chi connectivity index (χ1n) is 6.55. The average Bonchev–Trinajstić information content (AvgIpc) is 2.96. The van der Waals surface area contributed by atoms with Crippen molar-refractivity contribution in [1.29, 1.82) is 0 Å². The standard InChI is InChI=1S/C12H19N5O3/c1-15(2)6-9-4-3-5-17(9)12(20)10-7-16(14-13-10)8-11(18)19/h7,9H,3-6,8H2,1-2H3,(H,18,19). The maximum absolute atomic E-state index is 12.4. The number of hydrogen-bond donors (Lipinski definition) is 1. The molecule has 1 atom stereocenters. The van der Waals surface area contributed by atoms with Crippen LogP contribution in [0.1, 0.15) is 23.3 Å². The average molecular weight is 281 g/mol. The summed E-state index contributed by atoms with van der Waals surface area (Å²) in [5.74, 6) is -1.19. The monoisotopic (exact) mass is 281 g/mol. The van der Waals surface area contributed by atoms with E-state index in [1.165, 1.54) is 6.20 Å². The fourth-order valence-corrected chi connectivity index (χ4v) is 2.47. The van der Waals surface area contributed by atoms with Gasteiger partial charge in [-0.2, -0.15) is 0 Å². The van der Waals surface area contributed by atoms with E-state index in [1.807, 2.05) is 14.1 Å². The lowest BCUT2D eigenvalue weighted by atomic mass is 10.2. The van der Waals surface area contributed by atoms with Crippen LogP contribution in [0.15, 0.2) is 6.20 Å². The molecule has 8 heteroatoms. The summed E-state index contributed by atoms with van der Waals surface area (Å²) < 4.78 is 1.16. The molecule has 1 aliphatic rings. The molecule has 1 aliphatic heterocycles. The Kier molecular flexibility index (Phi) is 4.33. The third kappa shape index (κ3) is 3.32. The van der Waals surface area contributed by atoms with E-state index in [-0.39, 0.29) is 24.2 Å². The molecule has 0 aromatic carbocycles. The van der Waals surface area contributed by atoms with Crippen molar-refractivity contribution in [3.05, 3.63) is 11.9 Å². The van der Waals surface area contributed by atoms with Gasteiger partial charge in [0.05, 0.1) is 6.20 Å². The number of likely N-dealkylation sites (tertiary alicyclic amines) is 1. The second-order valence-electron chi connectivity index (χ2n) is 5.25. The number of carboxylic acids is 1. The van der Waals surface area contributed by atoms with Gasteiger partial charge in [-0.05, 0) is 26.9 Å². The maximum atomic E-state index is 12.4. The van der Waals surface area contributed by atoms with Crippen molar-refractivity contribution >= 4 is 11.9 Å². The first-order chi connectivity index (χ1) is 9.47. The van der Waals surface area contributed by atoms with Gasteiger partial charge in [0.25, 0.3) is 5.91 Å². The van der Waals surface area contributed by atoms with Gasteiger partial charge in [0.15, 0.2) is 5.69 Å². The zero-order valence-electron chi connectivity index (χ0n) is 11.7. The lowest BCUT2D eigenvalue weighted by molar-refractivity contribution is -0.137. The molecule has 2 heterocycles. The third-order valence-corrected chi connectivity index (χ3v) is 3.27. The normalized spacial score (nSPS) is 18.8. The van der Waals surface area contributed by atoms with Gasteiger partial charge in [-0.3, -0.25) is 9.59 Å². The zero-order valence-corrected chi connectivity index (χ0v) is 11.7. The number of aromatic nitrogens is 3. The minimum Gasteiger partial charge on any atom is -0.480 e. The van der Waals surface area contributed by atoms with E-state index in [1.54, 1.807) is 4.90 Å². The van der Waals surface area contributed by atoms with Crippen LogP contribution in [0, 0.1) is 0 Å². The van der Waals surface area contributed by atoms with Crippen LogP contribution >= 0.6 is 0 Å². The van der Waals surface area contributed by atoms with Crippen molar-refractivity contribution < 1.29 is 14.7 Å². The number of carbonyl (C=O) groups excluding carboxylic acids is 1. The summed E-state index contributed by atoms with van der Waals surface area (Å²) in [6.45, 7) is 1.24. The number of amides is 1. The smallest absolute Gasteiger partial charge is 0.325 e. The van der Waals surface area contributed by atoms with E-state index in [4.69, 9.17) is 5.11 Å². The molecular formula is C12H19N5O3. The lowest BCUT2D eigenvalue weighted by Crippen LogP contribution is -2.41. The van der Waals surface area contributed by atoms with Gasteiger partial charge >= 0.3 is 5.97 Å². The fraction of sp³-hybridized carbons (Fsp3) is 0.667. The first-order valence-corrected chi connectivity index (χ1v) is 6.55. The molecule has 1 aromatic rings. The van der Waals surface area contributed by atoms with E-state index in [0.717, 1.165) is 24.1 Å². The number of rotatable bonds is 5. The molecule has 2 rings (SSSR count).